The topological polar surface area (TPSA) is 96.4 Å². The monoisotopic (exact) mass is 548 g/mol. The number of aromatic hydroxyl groups is 1. The van der Waals surface area contributed by atoms with E-state index in [9.17, 15) is 14.7 Å². The molecule has 2 aromatic carbocycles. The van der Waals surface area contributed by atoms with Crippen LogP contribution < -0.4 is 5.32 Å². The Bertz CT molecular complexity index is 1160. The fourth-order valence-electron chi connectivity index (χ4n) is 6.13. The Kier molecular flexibility index (Phi) is 10.4. The molecule has 8 nitrogen and oxygen atoms in total. The van der Waals surface area contributed by atoms with Gasteiger partial charge in [0.1, 0.15) is 5.75 Å². The molecule has 0 aromatic heterocycles. The zero-order valence-corrected chi connectivity index (χ0v) is 23.8. The first-order chi connectivity index (χ1) is 19.3. The molecule has 0 unspecified atom stereocenters. The highest BCUT2D eigenvalue weighted by molar-refractivity contribution is 5.94. The minimum absolute atomic E-state index is 0.0399. The predicted molar refractivity (Wildman–Crippen MR) is 158 cm³/mol. The fraction of sp³-hybridized carbons (Fsp3) is 0.500. The Morgan fingerprint density at radius 2 is 1.75 bits per heavy atom. The first kappa shape index (κ1) is 29.8. The number of rotatable bonds is 11. The summed E-state index contributed by atoms with van der Waals surface area (Å²) in [5.41, 5.74) is 2.74. The minimum atomic E-state index is -0.769. The van der Waals surface area contributed by atoms with Crippen LogP contribution in [0.1, 0.15) is 67.1 Å². The molecule has 1 amide bonds. The molecule has 3 atom stereocenters. The van der Waals surface area contributed by atoms with Crippen LogP contribution in [0.4, 0.5) is 0 Å². The molecule has 3 N–H and O–H groups in total. The molecule has 2 aromatic rings. The molecule has 2 aliphatic rings. The molecule has 4 rings (SSSR count). The van der Waals surface area contributed by atoms with Crippen molar-refractivity contribution in [3.63, 3.8) is 0 Å². The van der Waals surface area contributed by atoms with E-state index >= 15 is 0 Å². The summed E-state index contributed by atoms with van der Waals surface area (Å²) in [7, 11) is 0. The van der Waals surface area contributed by atoms with Gasteiger partial charge in [0.05, 0.1) is 6.04 Å². The Hall–Kier alpha value is -3.20. The van der Waals surface area contributed by atoms with Gasteiger partial charge in [-0.25, -0.2) is 0 Å². The number of likely N-dealkylation sites (tertiary alicyclic amines) is 1. The zero-order chi connectivity index (χ0) is 28.6. The van der Waals surface area contributed by atoms with Crippen molar-refractivity contribution in [1.29, 1.82) is 0 Å². The summed E-state index contributed by atoms with van der Waals surface area (Å²) in [5, 5.41) is 22.6. The Morgan fingerprint density at radius 3 is 2.42 bits per heavy atom. The summed E-state index contributed by atoms with van der Waals surface area (Å²) in [6, 6.07) is 16.3. The molecule has 0 radical (unpaired) electrons. The second-order valence-corrected chi connectivity index (χ2v) is 11.3. The summed E-state index contributed by atoms with van der Waals surface area (Å²) >= 11 is 0. The maximum atomic E-state index is 13.6. The van der Waals surface area contributed by atoms with Gasteiger partial charge in [-0.3, -0.25) is 19.4 Å². The molecule has 0 bridgehead atoms. The lowest BCUT2D eigenvalue weighted by molar-refractivity contribution is -0.137. The van der Waals surface area contributed by atoms with Crippen LogP contribution in [0.25, 0.3) is 0 Å². The van der Waals surface area contributed by atoms with E-state index in [-0.39, 0.29) is 30.2 Å². The first-order valence-corrected chi connectivity index (χ1v) is 14.5. The lowest BCUT2D eigenvalue weighted by Gasteiger charge is -2.47. The molecular formula is C32H44N4O4. The van der Waals surface area contributed by atoms with Gasteiger partial charge in [-0.2, -0.15) is 0 Å². The molecule has 2 saturated heterocycles. The van der Waals surface area contributed by atoms with Gasteiger partial charge >= 0.3 is 5.97 Å². The van der Waals surface area contributed by atoms with Gasteiger partial charge in [0.25, 0.3) is 5.91 Å². The average molecular weight is 549 g/mol. The Balaban J connectivity index is 1.50. The SMILES string of the molecule is C=CCN1C[C@H](C)N([C@@H](c2cccc(O)c2)c2cccc(C(=O)N3CCC(NCCCC(=O)O)CC3)c2)C[C@H]1C. The van der Waals surface area contributed by atoms with Crippen LogP contribution in [-0.2, 0) is 4.79 Å². The molecule has 0 saturated carbocycles. The molecule has 2 heterocycles. The molecular weight excluding hydrogens is 504 g/mol. The Morgan fingerprint density at radius 1 is 1.05 bits per heavy atom. The number of carboxylic acids is 1. The molecule has 0 spiro atoms. The van der Waals surface area contributed by atoms with Crippen molar-refractivity contribution in [2.24, 2.45) is 0 Å². The van der Waals surface area contributed by atoms with Crippen LogP contribution in [0.3, 0.4) is 0 Å². The van der Waals surface area contributed by atoms with Crippen LogP contribution in [0.5, 0.6) is 5.75 Å². The van der Waals surface area contributed by atoms with Gasteiger partial charge < -0.3 is 20.4 Å². The van der Waals surface area contributed by atoms with Crippen molar-refractivity contribution in [2.45, 2.75) is 63.7 Å². The first-order valence-electron chi connectivity index (χ1n) is 14.5. The van der Waals surface area contributed by atoms with Crippen molar-refractivity contribution in [2.75, 3.05) is 39.3 Å². The van der Waals surface area contributed by atoms with E-state index in [4.69, 9.17) is 5.11 Å². The number of piperidine rings is 1. The van der Waals surface area contributed by atoms with E-state index in [1.165, 1.54) is 0 Å². The number of carboxylic acid groups (broad SMARTS) is 1. The van der Waals surface area contributed by atoms with E-state index in [1.807, 2.05) is 41.3 Å². The maximum absolute atomic E-state index is 13.6. The molecule has 8 heteroatoms. The van der Waals surface area contributed by atoms with Crippen LogP contribution in [0.15, 0.2) is 61.2 Å². The van der Waals surface area contributed by atoms with Crippen molar-refractivity contribution >= 4 is 11.9 Å². The summed E-state index contributed by atoms with van der Waals surface area (Å²) < 4.78 is 0. The minimum Gasteiger partial charge on any atom is -0.508 e. The van der Waals surface area contributed by atoms with E-state index < -0.39 is 5.97 Å². The normalized spacial score (nSPS) is 21.7. The fourth-order valence-corrected chi connectivity index (χ4v) is 6.13. The van der Waals surface area contributed by atoms with Crippen molar-refractivity contribution in [3.05, 3.63) is 77.9 Å². The van der Waals surface area contributed by atoms with E-state index in [0.29, 0.717) is 43.7 Å². The Labute approximate surface area is 238 Å². The standard InChI is InChI=1S/C32H44N4O4/c1-4-16-35-21-24(3)36(22-23(35)2)31(26-9-6-11-29(37)20-26)25-8-5-10-27(19-25)32(40)34-17-13-28(14-18-34)33-15-7-12-30(38)39/h4-6,8-11,19-20,23-24,28,31,33,37H,1,7,12-18,21-22H2,2-3H3,(H,38,39)/t23-,24+,31-/m1/s1. The van der Waals surface area contributed by atoms with Gasteiger partial charge in [0.2, 0.25) is 0 Å². The lowest BCUT2D eigenvalue weighted by atomic mass is 9.92. The van der Waals surface area contributed by atoms with Gasteiger partial charge in [0.15, 0.2) is 0 Å². The van der Waals surface area contributed by atoms with Crippen LogP contribution in [-0.4, -0.2) is 94.2 Å². The smallest absolute Gasteiger partial charge is 0.303 e. The third kappa shape index (κ3) is 7.50. The number of hydrogen-bond donors (Lipinski definition) is 3. The molecule has 2 fully saturated rings. The number of nitrogens with zero attached hydrogens (tertiary/aromatic N) is 3. The van der Waals surface area contributed by atoms with Crippen LogP contribution in [0, 0.1) is 0 Å². The highest BCUT2D eigenvalue weighted by Crippen LogP contribution is 2.35. The van der Waals surface area contributed by atoms with Gasteiger partial charge in [-0.1, -0.05) is 30.3 Å². The number of benzene rings is 2. The highest BCUT2D eigenvalue weighted by atomic mass is 16.4. The summed E-state index contributed by atoms with van der Waals surface area (Å²) in [6.07, 6.45) is 4.46. The number of phenols is 1. The van der Waals surface area contributed by atoms with Crippen molar-refractivity contribution in [3.8, 4) is 5.75 Å². The van der Waals surface area contributed by atoms with Gasteiger partial charge in [-0.05, 0) is 75.0 Å². The molecule has 2 aliphatic heterocycles. The second kappa shape index (κ2) is 13.9. The number of carbonyl (C=O) groups is 2. The largest absolute Gasteiger partial charge is 0.508 e. The number of piperazine rings is 1. The quantitative estimate of drug-likeness (QED) is 0.287. The number of carbonyl (C=O) groups excluding carboxylic acids is 1. The van der Waals surface area contributed by atoms with Crippen LogP contribution in [0.2, 0.25) is 0 Å². The zero-order valence-electron chi connectivity index (χ0n) is 23.8. The number of phenolic OH excluding ortho intramolecular Hbond substituents is 1. The highest BCUT2D eigenvalue weighted by Gasteiger charge is 2.35. The third-order valence-electron chi connectivity index (χ3n) is 8.28. The van der Waals surface area contributed by atoms with Crippen LogP contribution >= 0.6 is 0 Å². The van der Waals surface area contributed by atoms with E-state index in [2.05, 4.69) is 47.7 Å². The summed E-state index contributed by atoms with van der Waals surface area (Å²) in [4.78, 5) is 31.2. The van der Waals surface area contributed by atoms with Gasteiger partial charge in [-0.15, -0.1) is 6.58 Å². The molecule has 40 heavy (non-hydrogen) atoms. The summed E-state index contributed by atoms with van der Waals surface area (Å²) in [6.45, 7) is 13.1. The third-order valence-corrected chi connectivity index (χ3v) is 8.28. The van der Waals surface area contributed by atoms with Gasteiger partial charge in [0, 0.05) is 62.8 Å². The molecule has 216 valence electrons. The lowest BCUT2D eigenvalue weighted by Crippen LogP contribution is -2.57. The average Bonchev–Trinajstić information content (AvgIpc) is 2.94. The number of amides is 1. The number of aliphatic carboxylic acids is 1. The summed E-state index contributed by atoms with van der Waals surface area (Å²) in [5.74, 6) is -0.493. The van der Waals surface area contributed by atoms with Crippen molar-refractivity contribution < 1.29 is 19.8 Å². The number of nitrogens with one attached hydrogen (secondary N) is 1. The molecule has 0 aliphatic carbocycles. The maximum Gasteiger partial charge on any atom is 0.303 e. The number of hydrogen-bond acceptors (Lipinski definition) is 6. The second-order valence-electron chi connectivity index (χ2n) is 11.3. The van der Waals surface area contributed by atoms with E-state index in [0.717, 1.165) is 43.6 Å². The predicted octanol–water partition coefficient (Wildman–Crippen LogP) is 4.12. The van der Waals surface area contributed by atoms with Crippen molar-refractivity contribution in [1.82, 2.24) is 20.0 Å². The van der Waals surface area contributed by atoms with E-state index in [1.54, 1.807) is 6.07 Å².